The summed E-state index contributed by atoms with van der Waals surface area (Å²) in [6.07, 6.45) is 2.89. The highest BCUT2D eigenvalue weighted by Gasteiger charge is 2.19. The zero-order chi connectivity index (χ0) is 18.7. The largest absolute Gasteiger partial charge is 0.491 e. The Morgan fingerprint density at radius 2 is 2.12 bits per heavy atom. The highest BCUT2D eigenvalue weighted by atomic mass is 16.5. The molecule has 3 aromatic rings. The molecule has 1 N–H and O–H groups in total. The molecule has 1 aromatic carbocycles. The fourth-order valence-corrected chi connectivity index (χ4v) is 2.81. The lowest BCUT2D eigenvalue weighted by atomic mass is 10.1. The van der Waals surface area contributed by atoms with E-state index in [-0.39, 0.29) is 11.6 Å². The van der Waals surface area contributed by atoms with E-state index in [9.17, 15) is 4.79 Å². The third-order valence-corrected chi connectivity index (χ3v) is 4.22. The molecule has 0 aliphatic rings. The van der Waals surface area contributed by atoms with Gasteiger partial charge >= 0.3 is 0 Å². The van der Waals surface area contributed by atoms with Gasteiger partial charge in [-0.3, -0.25) is 4.79 Å². The molecule has 2 aromatic heterocycles. The van der Waals surface area contributed by atoms with Crippen LogP contribution in [0, 0.1) is 11.3 Å². The molecule has 0 bridgehead atoms. The van der Waals surface area contributed by atoms with Crippen LogP contribution < -0.4 is 10.1 Å². The number of ether oxygens (including phenoxy) is 1. The Balaban J connectivity index is 2.01. The fourth-order valence-electron chi connectivity index (χ4n) is 2.81. The number of amides is 1. The summed E-state index contributed by atoms with van der Waals surface area (Å²) in [4.78, 5) is 17.1. The van der Waals surface area contributed by atoms with Crippen molar-refractivity contribution in [3.05, 3.63) is 53.0 Å². The number of hydrogen-bond donors (Lipinski definition) is 1. The topological polar surface area (TPSA) is 88.2 Å². The van der Waals surface area contributed by atoms with Crippen molar-refractivity contribution >= 4 is 22.6 Å². The summed E-state index contributed by atoms with van der Waals surface area (Å²) in [5.74, 6) is 0.914. The molecule has 26 heavy (non-hydrogen) atoms. The number of aryl methyl sites for hydroxylation is 2. The minimum Gasteiger partial charge on any atom is -0.491 e. The van der Waals surface area contributed by atoms with E-state index in [1.54, 1.807) is 18.2 Å². The number of nitrogens with one attached hydrogen (secondary N) is 1. The number of methoxy groups -OCH3 is 1. The summed E-state index contributed by atoms with van der Waals surface area (Å²) >= 11 is 0. The quantitative estimate of drug-likeness (QED) is 0.749. The molecule has 0 aliphatic heterocycles. The summed E-state index contributed by atoms with van der Waals surface area (Å²) in [6, 6.07) is 9.12. The van der Waals surface area contributed by atoms with Gasteiger partial charge in [-0.05, 0) is 36.2 Å². The SMILES string of the molecule is CCc1cc2c(C(=O)Nc3ccc(C#N)cc3CC)ncc(OC)c2o1. The van der Waals surface area contributed by atoms with E-state index in [1.807, 2.05) is 19.9 Å². The van der Waals surface area contributed by atoms with Gasteiger partial charge in [0.25, 0.3) is 5.91 Å². The van der Waals surface area contributed by atoms with Gasteiger partial charge in [-0.15, -0.1) is 0 Å². The number of anilines is 1. The number of furan rings is 1. The van der Waals surface area contributed by atoms with Crippen molar-refractivity contribution in [3.8, 4) is 11.8 Å². The fraction of sp³-hybridized carbons (Fsp3) is 0.250. The molecule has 0 fully saturated rings. The van der Waals surface area contributed by atoms with Gasteiger partial charge in [0.05, 0.1) is 30.3 Å². The van der Waals surface area contributed by atoms with E-state index in [2.05, 4.69) is 16.4 Å². The van der Waals surface area contributed by atoms with Crippen molar-refractivity contribution in [1.29, 1.82) is 5.26 Å². The number of carbonyl (C=O) groups excluding carboxylic acids is 1. The predicted octanol–water partition coefficient (Wildman–Crippen LogP) is 4.09. The van der Waals surface area contributed by atoms with Crippen molar-refractivity contribution in [2.24, 2.45) is 0 Å². The molecule has 0 saturated heterocycles. The number of pyridine rings is 1. The third-order valence-electron chi connectivity index (χ3n) is 4.22. The molecular formula is C20H19N3O3. The van der Waals surface area contributed by atoms with Crippen LogP contribution in [-0.2, 0) is 12.8 Å². The highest BCUT2D eigenvalue weighted by molar-refractivity contribution is 6.11. The molecule has 132 valence electrons. The average molecular weight is 349 g/mol. The second-order valence-corrected chi connectivity index (χ2v) is 5.78. The van der Waals surface area contributed by atoms with Gasteiger partial charge in [-0.1, -0.05) is 13.8 Å². The number of nitriles is 1. The van der Waals surface area contributed by atoms with E-state index >= 15 is 0 Å². The maximum Gasteiger partial charge on any atom is 0.275 e. The third kappa shape index (κ3) is 3.11. The van der Waals surface area contributed by atoms with Crippen LogP contribution in [0.4, 0.5) is 5.69 Å². The zero-order valence-electron chi connectivity index (χ0n) is 14.9. The van der Waals surface area contributed by atoms with E-state index in [4.69, 9.17) is 14.4 Å². The standard InChI is InChI=1S/C20H19N3O3/c1-4-13-8-12(10-21)6-7-16(13)23-20(24)18-15-9-14(5-2)26-19(15)17(25-3)11-22-18/h6-9,11H,4-5H2,1-3H3,(H,23,24). The summed E-state index contributed by atoms with van der Waals surface area (Å²) in [5, 5.41) is 12.5. The Kier molecular flexibility index (Phi) is 4.90. The maximum atomic E-state index is 12.8. The molecule has 0 aliphatic carbocycles. The van der Waals surface area contributed by atoms with Gasteiger partial charge in [-0.2, -0.15) is 5.26 Å². The highest BCUT2D eigenvalue weighted by Crippen LogP contribution is 2.31. The number of hydrogen-bond acceptors (Lipinski definition) is 5. The van der Waals surface area contributed by atoms with Crippen LogP contribution in [0.2, 0.25) is 0 Å². The van der Waals surface area contributed by atoms with Crippen LogP contribution in [0.3, 0.4) is 0 Å². The molecule has 1 amide bonds. The van der Waals surface area contributed by atoms with Crippen molar-refractivity contribution < 1.29 is 13.9 Å². The predicted molar refractivity (Wildman–Crippen MR) is 98.4 cm³/mol. The van der Waals surface area contributed by atoms with Gasteiger partial charge in [0.2, 0.25) is 0 Å². The first-order valence-electron chi connectivity index (χ1n) is 8.41. The zero-order valence-corrected chi connectivity index (χ0v) is 14.9. The molecule has 6 heteroatoms. The maximum absolute atomic E-state index is 12.8. The Labute approximate surface area is 151 Å². The van der Waals surface area contributed by atoms with Gasteiger partial charge in [-0.25, -0.2) is 4.98 Å². The molecule has 0 unspecified atom stereocenters. The van der Waals surface area contributed by atoms with Crippen LogP contribution in [0.15, 0.2) is 34.9 Å². The van der Waals surface area contributed by atoms with E-state index in [1.165, 1.54) is 13.3 Å². The van der Waals surface area contributed by atoms with Crippen LogP contribution in [0.25, 0.3) is 11.0 Å². The lowest BCUT2D eigenvalue weighted by Crippen LogP contribution is -2.15. The lowest BCUT2D eigenvalue weighted by molar-refractivity contribution is 0.102. The molecule has 0 radical (unpaired) electrons. The molecular weight excluding hydrogens is 330 g/mol. The number of nitrogens with zero attached hydrogens (tertiary/aromatic N) is 2. The molecule has 3 rings (SSSR count). The molecule has 2 heterocycles. The smallest absolute Gasteiger partial charge is 0.275 e. The Morgan fingerprint density at radius 3 is 2.77 bits per heavy atom. The molecule has 0 atom stereocenters. The summed E-state index contributed by atoms with van der Waals surface area (Å²) < 4.78 is 11.1. The van der Waals surface area contributed by atoms with Crippen LogP contribution >= 0.6 is 0 Å². The molecule has 0 saturated carbocycles. The average Bonchev–Trinajstić information content (AvgIpc) is 3.11. The van der Waals surface area contributed by atoms with Crippen LogP contribution in [-0.4, -0.2) is 18.0 Å². The first kappa shape index (κ1) is 17.5. The van der Waals surface area contributed by atoms with Crippen molar-refractivity contribution in [2.45, 2.75) is 26.7 Å². The first-order chi connectivity index (χ1) is 12.6. The van der Waals surface area contributed by atoms with Crippen molar-refractivity contribution in [1.82, 2.24) is 4.98 Å². The van der Waals surface area contributed by atoms with Gasteiger partial charge in [0.15, 0.2) is 11.3 Å². The van der Waals surface area contributed by atoms with E-state index < -0.39 is 0 Å². The molecule has 6 nitrogen and oxygen atoms in total. The second kappa shape index (κ2) is 7.28. The minimum absolute atomic E-state index is 0.274. The number of fused-ring (bicyclic) bond motifs is 1. The van der Waals surface area contributed by atoms with Crippen LogP contribution in [0.1, 0.15) is 41.2 Å². The first-order valence-corrected chi connectivity index (χ1v) is 8.41. The van der Waals surface area contributed by atoms with E-state index in [0.717, 1.165) is 11.3 Å². The van der Waals surface area contributed by atoms with Gasteiger partial charge in [0, 0.05) is 12.1 Å². The van der Waals surface area contributed by atoms with E-state index in [0.29, 0.717) is 40.8 Å². The summed E-state index contributed by atoms with van der Waals surface area (Å²) in [6.45, 7) is 3.95. The second-order valence-electron chi connectivity index (χ2n) is 5.78. The lowest BCUT2D eigenvalue weighted by Gasteiger charge is -2.11. The number of carbonyl (C=O) groups is 1. The van der Waals surface area contributed by atoms with Gasteiger partial charge in [0.1, 0.15) is 11.5 Å². The van der Waals surface area contributed by atoms with Gasteiger partial charge < -0.3 is 14.5 Å². The number of aromatic nitrogens is 1. The summed E-state index contributed by atoms with van der Waals surface area (Å²) in [7, 11) is 1.54. The normalized spacial score (nSPS) is 10.5. The minimum atomic E-state index is -0.333. The van der Waals surface area contributed by atoms with Crippen molar-refractivity contribution in [3.63, 3.8) is 0 Å². The monoisotopic (exact) mass is 349 g/mol. The Bertz CT molecular complexity index is 1020. The number of rotatable bonds is 5. The van der Waals surface area contributed by atoms with Crippen molar-refractivity contribution in [2.75, 3.05) is 12.4 Å². The molecule has 0 spiro atoms. The summed E-state index contributed by atoms with van der Waals surface area (Å²) in [5.41, 5.74) is 2.91. The Hall–Kier alpha value is -3.33. The Morgan fingerprint density at radius 1 is 1.31 bits per heavy atom. The number of benzene rings is 1. The van der Waals surface area contributed by atoms with Crippen LogP contribution in [0.5, 0.6) is 5.75 Å².